The number of halogens is 1. The number of rotatable bonds is 4. The van der Waals surface area contributed by atoms with Crippen LogP contribution >= 0.6 is 15.9 Å². The van der Waals surface area contributed by atoms with Gasteiger partial charge in [-0.3, -0.25) is 0 Å². The predicted octanol–water partition coefficient (Wildman–Crippen LogP) is 2.39. The molecule has 0 unspecified atom stereocenters. The normalized spacial score (nSPS) is 9.75. The minimum Gasteiger partial charge on any atom is -0.496 e. The van der Waals surface area contributed by atoms with Gasteiger partial charge in [-0.2, -0.15) is 0 Å². The highest BCUT2D eigenvalue weighted by Gasteiger charge is 2.15. The van der Waals surface area contributed by atoms with Crippen LogP contribution in [0.15, 0.2) is 12.1 Å². The van der Waals surface area contributed by atoms with Crippen LogP contribution in [0.25, 0.3) is 0 Å². The Bertz CT molecular complexity index is 365. The van der Waals surface area contributed by atoms with E-state index < -0.39 is 5.97 Å². The Hall–Kier alpha value is -1.23. The van der Waals surface area contributed by atoms with Crippen LogP contribution in [-0.2, 0) is 10.1 Å². The van der Waals surface area contributed by atoms with Crippen LogP contribution in [0.5, 0.6) is 11.5 Å². The van der Waals surface area contributed by atoms with Crippen molar-refractivity contribution >= 4 is 21.9 Å². The number of carbonyl (C=O) groups excluding carboxylic acids is 1. The van der Waals surface area contributed by atoms with Crippen LogP contribution < -0.4 is 9.47 Å². The zero-order valence-electron chi connectivity index (χ0n) is 9.37. The molecule has 0 bridgehead atoms. The monoisotopic (exact) mass is 288 g/mol. The summed E-state index contributed by atoms with van der Waals surface area (Å²) in [6, 6.07) is 3.26. The summed E-state index contributed by atoms with van der Waals surface area (Å²) < 4.78 is 15.0. The molecule has 1 aromatic carbocycles. The second kappa shape index (κ2) is 5.75. The first-order chi connectivity index (χ1) is 7.67. The fourth-order valence-electron chi connectivity index (χ4n) is 1.35. The first-order valence-electron chi connectivity index (χ1n) is 4.57. The summed E-state index contributed by atoms with van der Waals surface area (Å²) in [5.41, 5.74) is 1.26. The molecule has 5 heteroatoms. The SMILES string of the molecule is COC(=O)c1cc(OC)c(CBr)c(OC)c1. The molecular weight excluding hydrogens is 276 g/mol. The molecule has 0 aromatic heterocycles. The summed E-state index contributed by atoms with van der Waals surface area (Å²) in [4.78, 5) is 11.4. The average Bonchev–Trinajstić information content (AvgIpc) is 2.35. The van der Waals surface area contributed by atoms with Gasteiger partial charge < -0.3 is 14.2 Å². The van der Waals surface area contributed by atoms with Crippen molar-refractivity contribution in [3.05, 3.63) is 23.3 Å². The molecule has 0 heterocycles. The summed E-state index contributed by atoms with van der Waals surface area (Å²) in [6.07, 6.45) is 0. The fraction of sp³-hybridized carbons (Fsp3) is 0.364. The van der Waals surface area contributed by atoms with Crippen molar-refractivity contribution in [2.45, 2.75) is 5.33 Å². The molecule has 0 aliphatic rings. The summed E-state index contributed by atoms with van der Waals surface area (Å²) in [5, 5.41) is 0.584. The van der Waals surface area contributed by atoms with Crippen molar-refractivity contribution in [3.63, 3.8) is 0 Å². The second-order valence-electron chi connectivity index (χ2n) is 2.98. The van der Waals surface area contributed by atoms with E-state index in [4.69, 9.17) is 9.47 Å². The lowest BCUT2D eigenvalue weighted by molar-refractivity contribution is 0.0600. The summed E-state index contributed by atoms with van der Waals surface area (Å²) in [5.74, 6) is 0.769. The Morgan fingerprint density at radius 3 is 2.00 bits per heavy atom. The van der Waals surface area contributed by atoms with Gasteiger partial charge in [-0.25, -0.2) is 4.79 Å². The number of ether oxygens (including phenoxy) is 3. The lowest BCUT2D eigenvalue weighted by atomic mass is 10.1. The zero-order valence-corrected chi connectivity index (χ0v) is 11.0. The van der Waals surface area contributed by atoms with E-state index in [1.807, 2.05) is 0 Å². The van der Waals surface area contributed by atoms with Crippen molar-refractivity contribution in [3.8, 4) is 11.5 Å². The summed E-state index contributed by atoms with van der Waals surface area (Å²) in [6.45, 7) is 0. The topological polar surface area (TPSA) is 44.8 Å². The lowest BCUT2D eigenvalue weighted by Crippen LogP contribution is -2.04. The van der Waals surface area contributed by atoms with Crippen molar-refractivity contribution in [1.82, 2.24) is 0 Å². The molecule has 0 aliphatic carbocycles. The van der Waals surface area contributed by atoms with Crippen LogP contribution in [0.4, 0.5) is 0 Å². The maximum absolute atomic E-state index is 11.4. The van der Waals surface area contributed by atoms with E-state index in [0.717, 1.165) is 5.56 Å². The Kier molecular flexibility index (Phi) is 4.61. The van der Waals surface area contributed by atoms with Crippen molar-refractivity contribution < 1.29 is 19.0 Å². The van der Waals surface area contributed by atoms with Crippen LogP contribution in [0.1, 0.15) is 15.9 Å². The molecule has 0 spiro atoms. The van der Waals surface area contributed by atoms with Gasteiger partial charge in [0, 0.05) is 10.9 Å². The van der Waals surface area contributed by atoms with E-state index in [1.165, 1.54) is 7.11 Å². The van der Waals surface area contributed by atoms with Crippen molar-refractivity contribution in [2.24, 2.45) is 0 Å². The van der Waals surface area contributed by atoms with E-state index in [1.54, 1.807) is 26.4 Å². The smallest absolute Gasteiger partial charge is 0.338 e. The lowest BCUT2D eigenvalue weighted by Gasteiger charge is -2.12. The third-order valence-electron chi connectivity index (χ3n) is 2.16. The van der Waals surface area contributed by atoms with Gasteiger partial charge >= 0.3 is 5.97 Å². The van der Waals surface area contributed by atoms with Gasteiger partial charge in [0.2, 0.25) is 0 Å². The Labute approximate surface area is 103 Å². The van der Waals surface area contributed by atoms with Gasteiger partial charge in [-0.05, 0) is 12.1 Å². The largest absolute Gasteiger partial charge is 0.496 e. The number of benzene rings is 1. The predicted molar refractivity (Wildman–Crippen MR) is 63.5 cm³/mol. The Morgan fingerprint density at radius 1 is 1.19 bits per heavy atom. The third-order valence-corrected chi connectivity index (χ3v) is 2.72. The first-order valence-corrected chi connectivity index (χ1v) is 5.69. The minimum absolute atomic E-state index is 0.404. The Morgan fingerprint density at radius 2 is 1.69 bits per heavy atom. The highest BCUT2D eigenvalue weighted by molar-refractivity contribution is 9.08. The molecule has 0 radical (unpaired) electrons. The van der Waals surface area contributed by atoms with Crippen LogP contribution in [-0.4, -0.2) is 27.3 Å². The summed E-state index contributed by atoms with van der Waals surface area (Å²) in [7, 11) is 4.42. The molecule has 1 aromatic rings. The van der Waals surface area contributed by atoms with E-state index >= 15 is 0 Å². The average molecular weight is 289 g/mol. The molecule has 0 fully saturated rings. The van der Waals surface area contributed by atoms with Gasteiger partial charge in [0.05, 0.1) is 26.9 Å². The van der Waals surface area contributed by atoms with Gasteiger partial charge in [-0.1, -0.05) is 15.9 Å². The standard InChI is InChI=1S/C11H13BrO4/c1-14-9-4-7(11(13)16-3)5-10(15-2)8(9)6-12/h4-5H,6H2,1-3H3. The van der Waals surface area contributed by atoms with E-state index in [0.29, 0.717) is 22.4 Å². The van der Waals surface area contributed by atoms with E-state index in [-0.39, 0.29) is 0 Å². The number of carbonyl (C=O) groups is 1. The van der Waals surface area contributed by atoms with Crippen LogP contribution in [0.2, 0.25) is 0 Å². The first kappa shape index (κ1) is 12.8. The van der Waals surface area contributed by atoms with Crippen molar-refractivity contribution in [1.29, 1.82) is 0 Å². The van der Waals surface area contributed by atoms with E-state index in [9.17, 15) is 4.79 Å². The molecule has 16 heavy (non-hydrogen) atoms. The van der Waals surface area contributed by atoms with Gasteiger partial charge in [0.15, 0.2) is 0 Å². The Balaban J connectivity index is 3.31. The molecular formula is C11H13BrO4. The summed E-state index contributed by atoms with van der Waals surface area (Å²) >= 11 is 3.34. The maximum Gasteiger partial charge on any atom is 0.338 e. The maximum atomic E-state index is 11.4. The molecule has 0 aliphatic heterocycles. The molecule has 1 rings (SSSR count). The van der Waals surface area contributed by atoms with Crippen molar-refractivity contribution in [2.75, 3.05) is 21.3 Å². The molecule has 88 valence electrons. The number of hydrogen-bond donors (Lipinski definition) is 0. The van der Waals surface area contributed by atoms with Gasteiger partial charge in [-0.15, -0.1) is 0 Å². The van der Waals surface area contributed by atoms with E-state index in [2.05, 4.69) is 20.7 Å². The highest BCUT2D eigenvalue weighted by atomic mass is 79.9. The number of alkyl halides is 1. The molecule has 0 saturated heterocycles. The third kappa shape index (κ3) is 2.47. The number of methoxy groups -OCH3 is 3. The molecule has 0 atom stereocenters. The van der Waals surface area contributed by atoms with Crippen LogP contribution in [0.3, 0.4) is 0 Å². The second-order valence-corrected chi connectivity index (χ2v) is 3.55. The fourth-order valence-corrected chi connectivity index (χ4v) is 1.90. The van der Waals surface area contributed by atoms with Gasteiger partial charge in [0.25, 0.3) is 0 Å². The molecule has 0 saturated carbocycles. The molecule has 0 amide bonds. The quantitative estimate of drug-likeness (QED) is 0.630. The zero-order chi connectivity index (χ0) is 12.1. The van der Waals surface area contributed by atoms with Crippen LogP contribution in [0, 0.1) is 0 Å². The highest BCUT2D eigenvalue weighted by Crippen LogP contribution is 2.32. The number of hydrogen-bond acceptors (Lipinski definition) is 4. The number of esters is 1. The van der Waals surface area contributed by atoms with Gasteiger partial charge in [0.1, 0.15) is 11.5 Å². The molecule has 0 N–H and O–H groups in total. The molecule has 4 nitrogen and oxygen atoms in total. The minimum atomic E-state index is -0.419.